The molecule has 2 N–H and O–H groups in total. The Kier molecular flexibility index (Phi) is 6.50. The van der Waals surface area contributed by atoms with Crippen LogP contribution in [-0.4, -0.2) is 26.2 Å². The van der Waals surface area contributed by atoms with Crippen LogP contribution in [0.3, 0.4) is 0 Å². The van der Waals surface area contributed by atoms with Gasteiger partial charge < -0.3 is 10.6 Å². The molecule has 180 valence electrons. The van der Waals surface area contributed by atoms with E-state index in [4.69, 9.17) is 0 Å². The van der Waals surface area contributed by atoms with Crippen molar-refractivity contribution in [2.24, 2.45) is 7.05 Å². The maximum absolute atomic E-state index is 13.8. The molecule has 0 spiro atoms. The number of halogens is 1. The van der Waals surface area contributed by atoms with E-state index in [1.54, 1.807) is 48.1 Å². The molecule has 0 atom stereocenters. The summed E-state index contributed by atoms with van der Waals surface area (Å²) in [6.45, 7) is 5.12. The molecule has 0 bridgehead atoms. The van der Waals surface area contributed by atoms with Gasteiger partial charge in [-0.1, -0.05) is 6.07 Å². The smallest absolute Gasteiger partial charge is 0.255 e. The van der Waals surface area contributed by atoms with Crippen LogP contribution in [0.25, 0.3) is 16.7 Å². The highest BCUT2D eigenvalue weighted by Crippen LogP contribution is 2.26. The van der Waals surface area contributed by atoms with Gasteiger partial charge in [0.1, 0.15) is 11.5 Å². The molecule has 0 fully saturated rings. The maximum Gasteiger partial charge on any atom is 0.255 e. The Morgan fingerprint density at radius 2 is 1.69 bits per heavy atom. The normalized spacial score (nSPS) is 11.0. The van der Waals surface area contributed by atoms with E-state index in [0.29, 0.717) is 34.0 Å². The number of hydrogen-bond donors (Lipinski definition) is 2. The largest absolute Gasteiger partial charge is 0.326 e. The first-order valence-electron chi connectivity index (χ1n) is 11.2. The number of aromatic nitrogens is 3. The molecule has 4 rings (SSSR count). The molecule has 0 aliphatic carbocycles. The van der Waals surface area contributed by atoms with Gasteiger partial charge in [-0.25, -0.2) is 9.07 Å². The minimum atomic E-state index is -0.391. The van der Waals surface area contributed by atoms with Crippen LogP contribution in [0.5, 0.6) is 0 Å². The van der Waals surface area contributed by atoms with E-state index in [1.165, 1.54) is 23.6 Å². The van der Waals surface area contributed by atoms with Crippen LogP contribution in [-0.2, 0) is 23.1 Å². The molecule has 2 aromatic heterocycles. The molecular weight excluding hydrogens is 449 g/mol. The highest BCUT2D eigenvalue weighted by Gasteiger charge is 2.20. The van der Waals surface area contributed by atoms with Crippen LogP contribution in [0.4, 0.5) is 15.8 Å². The van der Waals surface area contributed by atoms with E-state index in [9.17, 15) is 18.8 Å². The number of amides is 2. The van der Waals surface area contributed by atoms with Gasteiger partial charge in [0.15, 0.2) is 0 Å². The molecule has 2 amide bonds. The zero-order valence-electron chi connectivity index (χ0n) is 20.0. The number of carbonyl (C=O) groups is 2. The van der Waals surface area contributed by atoms with Crippen LogP contribution in [0.1, 0.15) is 30.2 Å². The highest BCUT2D eigenvalue weighted by atomic mass is 19.1. The number of hydrogen-bond acceptors (Lipinski definition) is 4. The molecule has 35 heavy (non-hydrogen) atoms. The lowest BCUT2D eigenvalue weighted by atomic mass is 10.0. The van der Waals surface area contributed by atoms with Gasteiger partial charge in [-0.2, -0.15) is 5.10 Å². The Labute approximate surface area is 201 Å². The SMILES string of the molecule is CC(=O)Nc1ccc(NC(=O)CCc2c(C)c3c(C)nn(-c4cccc(F)c4)c3n(C)c2=O)cc1. The molecule has 2 aromatic carbocycles. The summed E-state index contributed by atoms with van der Waals surface area (Å²) in [5.41, 5.74) is 4.11. The van der Waals surface area contributed by atoms with Crippen molar-refractivity contribution in [3.05, 3.63) is 81.5 Å². The number of pyridine rings is 1. The topological polar surface area (TPSA) is 98.0 Å². The molecule has 0 radical (unpaired) electrons. The number of fused-ring (bicyclic) bond motifs is 1. The van der Waals surface area contributed by atoms with Crippen LogP contribution < -0.4 is 16.2 Å². The van der Waals surface area contributed by atoms with Crippen molar-refractivity contribution in [3.63, 3.8) is 0 Å². The second kappa shape index (κ2) is 9.54. The predicted molar refractivity (Wildman–Crippen MR) is 133 cm³/mol. The van der Waals surface area contributed by atoms with Crippen molar-refractivity contribution >= 4 is 34.2 Å². The monoisotopic (exact) mass is 475 g/mol. The van der Waals surface area contributed by atoms with Crippen molar-refractivity contribution in [2.45, 2.75) is 33.6 Å². The number of rotatable bonds is 6. The molecule has 2 heterocycles. The van der Waals surface area contributed by atoms with E-state index in [1.807, 2.05) is 13.8 Å². The number of aryl methyl sites for hydroxylation is 3. The van der Waals surface area contributed by atoms with Crippen molar-refractivity contribution in [3.8, 4) is 5.69 Å². The molecule has 0 saturated heterocycles. The molecule has 0 saturated carbocycles. The molecule has 0 unspecified atom stereocenters. The first kappa shape index (κ1) is 23.9. The molecule has 8 nitrogen and oxygen atoms in total. The van der Waals surface area contributed by atoms with E-state index in [-0.39, 0.29) is 30.2 Å². The number of anilines is 2. The van der Waals surface area contributed by atoms with Crippen molar-refractivity contribution in [1.29, 1.82) is 0 Å². The van der Waals surface area contributed by atoms with Gasteiger partial charge in [0.2, 0.25) is 11.8 Å². The highest BCUT2D eigenvalue weighted by molar-refractivity contribution is 5.92. The average molecular weight is 476 g/mol. The first-order valence-corrected chi connectivity index (χ1v) is 11.2. The van der Waals surface area contributed by atoms with E-state index < -0.39 is 5.82 Å². The zero-order valence-corrected chi connectivity index (χ0v) is 20.0. The van der Waals surface area contributed by atoms with Crippen LogP contribution in [0, 0.1) is 19.7 Å². The summed E-state index contributed by atoms with van der Waals surface area (Å²) in [7, 11) is 1.65. The van der Waals surface area contributed by atoms with E-state index in [0.717, 1.165) is 10.9 Å². The van der Waals surface area contributed by atoms with Crippen LogP contribution >= 0.6 is 0 Å². The molecule has 0 aliphatic heterocycles. The minimum absolute atomic E-state index is 0.117. The fourth-order valence-corrected chi connectivity index (χ4v) is 4.26. The molecule has 9 heteroatoms. The third kappa shape index (κ3) is 4.84. The van der Waals surface area contributed by atoms with E-state index >= 15 is 0 Å². The summed E-state index contributed by atoms with van der Waals surface area (Å²) < 4.78 is 16.9. The first-order chi connectivity index (χ1) is 16.7. The van der Waals surface area contributed by atoms with Crippen molar-refractivity contribution in [2.75, 3.05) is 10.6 Å². The molecule has 4 aromatic rings. The Morgan fingerprint density at radius 1 is 1.03 bits per heavy atom. The summed E-state index contributed by atoms with van der Waals surface area (Å²) in [5, 5.41) is 10.9. The summed E-state index contributed by atoms with van der Waals surface area (Å²) >= 11 is 0. The van der Waals surface area contributed by atoms with Gasteiger partial charge >= 0.3 is 0 Å². The lowest BCUT2D eigenvalue weighted by Crippen LogP contribution is -2.25. The summed E-state index contributed by atoms with van der Waals surface area (Å²) in [6, 6.07) is 12.8. The number of benzene rings is 2. The lowest BCUT2D eigenvalue weighted by molar-refractivity contribution is -0.116. The number of nitrogens with one attached hydrogen (secondary N) is 2. The van der Waals surface area contributed by atoms with Gasteiger partial charge in [0.25, 0.3) is 5.56 Å². The van der Waals surface area contributed by atoms with Gasteiger partial charge in [-0.15, -0.1) is 0 Å². The summed E-state index contributed by atoms with van der Waals surface area (Å²) in [5.74, 6) is -0.795. The predicted octanol–water partition coefficient (Wildman–Crippen LogP) is 4.01. The third-order valence-electron chi connectivity index (χ3n) is 5.89. The van der Waals surface area contributed by atoms with Crippen molar-refractivity contribution < 1.29 is 14.0 Å². The lowest BCUT2D eigenvalue weighted by Gasteiger charge is -2.13. The Hall–Kier alpha value is -4.27. The molecule has 0 aliphatic rings. The Morgan fingerprint density at radius 3 is 2.31 bits per heavy atom. The van der Waals surface area contributed by atoms with Crippen LogP contribution in [0.2, 0.25) is 0 Å². The minimum Gasteiger partial charge on any atom is -0.326 e. The standard InChI is InChI=1S/C26H26FN5O3/c1-15-22(12-13-23(34)29-20-10-8-19(9-11-20)28-17(3)33)26(35)31(4)25-24(15)16(2)30-32(25)21-7-5-6-18(27)14-21/h5-11,14H,12-13H2,1-4H3,(H,28,33)(H,29,34). The van der Waals surface area contributed by atoms with Gasteiger partial charge in [-0.3, -0.25) is 19.0 Å². The Balaban J connectivity index is 1.58. The van der Waals surface area contributed by atoms with E-state index in [2.05, 4.69) is 15.7 Å². The van der Waals surface area contributed by atoms with Crippen molar-refractivity contribution in [1.82, 2.24) is 14.3 Å². The van der Waals surface area contributed by atoms with Gasteiger partial charge in [-0.05, 0) is 68.3 Å². The average Bonchev–Trinajstić information content (AvgIpc) is 3.16. The summed E-state index contributed by atoms with van der Waals surface area (Å²) in [6.07, 6.45) is 0.376. The fourth-order valence-electron chi connectivity index (χ4n) is 4.26. The fraction of sp³-hybridized carbons (Fsp3) is 0.231. The zero-order chi connectivity index (χ0) is 25.3. The van der Waals surface area contributed by atoms with Gasteiger partial charge in [0.05, 0.1) is 11.4 Å². The Bertz CT molecular complexity index is 1500. The third-order valence-corrected chi connectivity index (χ3v) is 5.89. The second-order valence-corrected chi connectivity index (χ2v) is 8.45. The molecular formula is C26H26FN5O3. The quantitative estimate of drug-likeness (QED) is 0.440. The second-order valence-electron chi connectivity index (χ2n) is 8.45. The van der Waals surface area contributed by atoms with Gasteiger partial charge in [0, 0.05) is 42.7 Å². The summed E-state index contributed by atoms with van der Waals surface area (Å²) in [4.78, 5) is 36.9. The van der Waals surface area contributed by atoms with Crippen LogP contribution in [0.15, 0.2) is 53.3 Å². The number of nitrogens with zero attached hydrogens (tertiary/aromatic N) is 3. The number of carbonyl (C=O) groups excluding carboxylic acids is 2. The maximum atomic E-state index is 13.8.